The predicted molar refractivity (Wildman–Crippen MR) is 136 cm³/mol. The summed E-state index contributed by atoms with van der Waals surface area (Å²) in [7, 11) is 0. The highest BCUT2D eigenvalue weighted by atomic mass is 16.5. The number of hydrogen-bond acceptors (Lipinski definition) is 4. The molecule has 0 spiro atoms. The zero-order valence-corrected chi connectivity index (χ0v) is 20.3. The van der Waals surface area contributed by atoms with E-state index in [9.17, 15) is 9.90 Å². The van der Waals surface area contributed by atoms with E-state index in [0.29, 0.717) is 19.6 Å². The maximum absolute atomic E-state index is 12.1. The molecule has 2 aromatic carbocycles. The van der Waals surface area contributed by atoms with Gasteiger partial charge in [-0.2, -0.15) is 0 Å². The van der Waals surface area contributed by atoms with Crippen molar-refractivity contribution in [2.75, 3.05) is 0 Å². The van der Waals surface area contributed by atoms with Gasteiger partial charge in [0.15, 0.2) is 0 Å². The molecule has 0 saturated heterocycles. The Kier molecular flexibility index (Phi) is 6.53. The van der Waals surface area contributed by atoms with Crippen molar-refractivity contribution in [3.8, 4) is 5.75 Å². The van der Waals surface area contributed by atoms with Crippen molar-refractivity contribution in [1.29, 1.82) is 0 Å². The zero-order valence-electron chi connectivity index (χ0n) is 20.3. The molecule has 1 N–H and O–H groups in total. The smallest absolute Gasteiger partial charge is 0.307 e. The summed E-state index contributed by atoms with van der Waals surface area (Å²) in [6.45, 7) is 5.15. The Morgan fingerprint density at radius 3 is 2.69 bits per heavy atom. The maximum Gasteiger partial charge on any atom is 0.307 e. The molecular formula is C29H31N3O3. The van der Waals surface area contributed by atoms with Gasteiger partial charge in [0.25, 0.3) is 0 Å². The quantitative estimate of drug-likeness (QED) is 0.357. The SMILES string of the molecule is Cc1ccc(COc2ccc3nc([C@@H]4CCCC[C@@H]4C(=O)O)n(Cc4ccccc4C)c3c2)nc1. The third kappa shape index (κ3) is 4.92. The van der Waals surface area contributed by atoms with Gasteiger partial charge < -0.3 is 14.4 Å². The van der Waals surface area contributed by atoms with Crippen LogP contribution in [0.3, 0.4) is 0 Å². The normalized spacial score (nSPS) is 18.0. The van der Waals surface area contributed by atoms with Crippen molar-refractivity contribution in [2.45, 2.75) is 58.6 Å². The number of benzene rings is 2. The minimum atomic E-state index is -0.723. The number of nitrogens with zero attached hydrogens (tertiary/aromatic N) is 3. The van der Waals surface area contributed by atoms with Crippen LogP contribution < -0.4 is 4.74 Å². The Morgan fingerprint density at radius 2 is 1.91 bits per heavy atom. The van der Waals surface area contributed by atoms with Crippen LogP contribution in [-0.4, -0.2) is 25.6 Å². The first-order chi connectivity index (χ1) is 17.0. The van der Waals surface area contributed by atoms with E-state index in [1.54, 1.807) is 0 Å². The molecule has 180 valence electrons. The highest BCUT2D eigenvalue weighted by Crippen LogP contribution is 2.39. The Hall–Kier alpha value is -3.67. The van der Waals surface area contributed by atoms with Gasteiger partial charge in [0.1, 0.15) is 18.2 Å². The molecule has 0 aliphatic heterocycles. The number of carboxylic acids is 1. The highest BCUT2D eigenvalue weighted by Gasteiger charge is 2.35. The number of aryl methyl sites for hydroxylation is 2. The van der Waals surface area contributed by atoms with Crippen molar-refractivity contribution < 1.29 is 14.6 Å². The molecule has 5 rings (SSSR count). The zero-order chi connectivity index (χ0) is 24.4. The molecule has 4 aromatic rings. The van der Waals surface area contributed by atoms with Crippen molar-refractivity contribution in [2.24, 2.45) is 5.92 Å². The number of aromatic nitrogens is 3. The van der Waals surface area contributed by atoms with Gasteiger partial charge in [-0.25, -0.2) is 4.98 Å². The third-order valence-corrected chi connectivity index (χ3v) is 7.11. The first-order valence-electron chi connectivity index (χ1n) is 12.3. The van der Waals surface area contributed by atoms with E-state index >= 15 is 0 Å². The lowest BCUT2D eigenvalue weighted by Gasteiger charge is -2.28. The summed E-state index contributed by atoms with van der Waals surface area (Å²) >= 11 is 0. The second-order valence-electron chi connectivity index (χ2n) is 9.58. The van der Waals surface area contributed by atoms with Gasteiger partial charge >= 0.3 is 5.97 Å². The summed E-state index contributed by atoms with van der Waals surface area (Å²) in [6.07, 6.45) is 5.37. The first kappa shape index (κ1) is 23.1. The molecule has 2 aromatic heterocycles. The first-order valence-corrected chi connectivity index (χ1v) is 12.3. The van der Waals surface area contributed by atoms with Crippen LogP contribution in [0, 0.1) is 19.8 Å². The van der Waals surface area contributed by atoms with Crippen LogP contribution in [-0.2, 0) is 17.9 Å². The number of imidazole rings is 1. The molecule has 1 saturated carbocycles. The number of fused-ring (bicyclic) bond motifs is 1. The van der Waals surface area contributed by atoms with Crippen LogP contribution in [0.15, 0.2) is 60.8 Å². The van der Waals surface area contributed by atoms with Gasteiger partial charge in [0, 0.05) is 24.7 Å². The minimum absolute atomic E-state index is 0.0983. The molecule has 1 aliphatic carbocycles. The highest BCUT2D eigenvalue weighted by molar-refractivity contribution is 5.79. The molecule has 0 bridgehead atoms. The largest absolute Gasteiger partial charge is 0.487 e. The van der Waals surface area contributed by atoms with Crippen molar-refractivity contribution in [1.82, 2.24) is 14.5 Å². The van der Waals surface area contributed by atoms with Gasteiger partial charge in [-0.15, -0.1) is 0 Å². The summed E-state index contributed by atoms with van der Waals surface area (Å²) in [5, 5.41) is 9.95. The fourth-order valence-corrected chi connectivity index (χ4v) is 5.09. The van der Waals surface area contributed by atoms with Gasteiger partial charge in [-0.3, -0.25) is 9.78 Å². The number of carboxylic acid groups (broad SMARTS) is 1. The number of carbonyl (C=O) groups is 1. The topological polar surface area (TPSA) is 77.2 Å². The number of ether oxygens (including phenoxy) is 1. The number of rotatable bonds is 7. The van der Waals surface area contributed by atoms with Crippen LogP contribution in [0.1, 0.15) is 59.8 Å². The number of aliphatic carboxylic acids is 1. The molecule has 35 heavy (non-hydrogen) atoms. The van der Waals surface area contributed by atoms with Crippen LogP contribution in [0.2, 0.25) is 0 Å². The lowest BCUT2D eigenvalue weighted by Crippen LogP contribution is -2.27. The van der Waals surface area contributed by atoms with E-state index in [2.05, 4.69) is 28.6 Å². The summed E-state index contributed by atoms with van der Waals surface area (Å²) in [6, 6.07) is 18.3. The Morgan fingerprint density at radius 1 is 1.09 bits per heavy atom. The third-order valence-electron chi connectivity index (χ3n) is 7.11. The molecule has 0 unspecified atom stereocenters. The predicted octanol–water partition coefficient (Wildman–Crippen LogP) is 6.03. The van der Waals surface area contributed by atoms with Crippen molar-refractivity contribution >= 4 is 17.0 Å². The van der Waals surface area contributed by atoms with E-state index in [0.717, 1.165) is 53.1 Å². The summed E-state index contributed by atoms with van der Waals surface area (Å²) in [5.41, 5.74) is 6.22. The lowest BCUT2D eigenvalue weighted by molar-refractivity contribution is -0.143. The van der Waals surface area contributed by atoms with Gasteiger partial charge in [-0.05, 0) is 61.6 Å². The molecule has 1 fully saturated rings. The van der Waals surface area contributed by atoms with Gasteiger partial charge in [0.05, 0.1) is 22.6 Å². The van der Waals surface area contributed by atoms with Crippen LogP contribution >= 0.6 is 0 Å². The molecule has 1 aliphatic rings. The monoisotopic (exact) mass is 469 g/mol. The van der Waals surface area contributed by atoms with E-state index < -0.39 is 11.9 Å². The second-order valence-corrected chi connectivity index (χ2v) is 9.58. The lowest BCUT2D eigenvalue weighted by atomic mass is 9.78. The van der Waals surface area contributed by atoms with E-state index in [1.807, 2.05) is 55.6 Å². The fourth-order valence-electron chi connectivity index (χ4n) is 5.09. The maximum atomic E-state index is 12.1. The molecule has 6 nitrogen and oxygen atoms in total. The Bertz CT molecular complexity index is 1340. The molecule has 2 heterocycles. The molecule has 6 heteroatoms. The molecule has 0 amide bonds. The fraction of sp³-hybridized carbons (Fsp3) is 0.345. The summed E-state index contributed by atoms with van der Waals surface area (Å²) in [5.74, 6) is 0.389. The van der Waals surface area contributed by atoms with Crippen LogP contribution in [0.4, 0.5) is 0 Å². The van der Waals surface area contributed by atoms with E-state index in [4.69, 9.17) is 9.72 Å². The second kappa shape index (κ2) is 9.90. The average molecular weight is 470 g/mol. The summed E-state index contributed by atoms with van der Waals surface area (Å²) in [4.78, 5) is 21.5. The number of hydrogen-bond donors (Lipinski definition) is 1. The van der Waals surface area contributed by atoms with Crippen LogP contribution in [0.25, 0.3) is 11.0 Å². The van der Waals surface area contributed by atoms with Crippen molar-refractivity contribution in [3.63, 3.8) is 0 Å². The Labute approximate surface area is 205 Å². The molecule has 0 radical (unpaired) electrons. The summed E-state index contributed by atoms with van der Waals surface area (Å²) < 4.78 is 8.29. The standard InChI is InChI=1S/C29H31N3O3/c1-19-11-12-22(30-16-19)18-35-23-13-14-26-27(15-23)32(17-21-8-4-3-7-20(21)2)28(31-26)24-9-5-6-10-25(24)29(33)34/h3-4,7-8,11-16,24-25H,5-6,9-10,17-18H2,1-2H3,(H,33,34)/t24-,25+/m1/s1. The van der Waals surface area contributed by atoms with E-state index in [-0.39, 0.29) is 5.92 Å². The minimum Gasteiger partial charge on any atom is -0.487 e. The van der Waals surface area contributed by atoms with Crippen LogP contribution in [0.5, 0.6) is 5.75 Å². The van der Waals surface area contributed by atoms with Gasteiger partial charge in [0.2, 0.25) is 0 Å². The molecular weight excluding hydrogens is 438 g/mol. The average Bonchev–Trinajstić information content (AvgIpc) is 3.22. The van der Waals surface area contributed by atoms with Gasteiger partial charge in [-0.1, -0.05) is 43.2 Å². The molecule has 2 atom stereocenters. The van der Waals surface area contributed by atoms with E-state index in [1.165, 1.54) is 11.1 Å². The van der Waals surface area contributed by atoms with Crippen molar-refractivity contribution in [3.05, 3.63) is 89.0 Å². The Balaban J connectivity index is 1.54. The number of pyridine rings is 1.